The van der Waals surface area contributed by atoms with Gasteiger partial charge in [0.15, 0.2) is 0 Å². The standard InChI is InChI=1S/C10H11FN2O4/c11-7-3-6(1-2-8(7)13(15)16)17-10-5-12-4-9(10)14/h1-3,9-10,12,14H,4-5H2/t9-,10-/m0/s1. The van der Waals surface area contributed by atoms with E-state index in [4.69, 9.17) is 4.74 Å². The predicted molar refractivity (Wildman–Crippen MR) is 56.3 cm³/mol. The molecule has 2 atom stereocenters. The molecule has 1 aromatic rings. The zero-order chi connectivity index (χ0) is 12.4. The summed E-state index contributed by atoms with van der Waals surface area (Å²) in [4.78, 5) is 9.60. The summed E-state index contributed by atoms with van der Waals surface area (Å²) in [5, 5.41) is 22.8. The van der Waals surface area contributed by atoms with Gasteiger partial charge in [0.05, 0.1) is 4.92 Å². The van der Waals surface area contributed by atoms with Gasteiger partial charge in [0.2, 0.25) is 5.82 Å². The van der Waals surface area contributed by atoms with Gasteiger partial charge in [-0.05, 0) is 6.07 Å². The monoisotopic (exact) mass is 242 g/mol. The number of hydrogen-bond acceptors (Lipinski definition) is 5. The lowest BCUT2D eigenvalue weighted by molar-refractivity contribution is -0.387. The van der Waals surface area contributed by atoms with Crippen molar-refractivity contribution in [1.29, 1.82) is 0 Å². The Kier molecular flexibility index (Phi) is 3.21. The first-order valence-electron chi connectivity index (χ1n) is 5.07. The normalized spacial score (nSPS) is 23.6. The highest BCUT2D eigenvalue weighted by Crippen LogP contribution is 2.23. The highest BCUT2D eigenvalue weighted by molar-refractivity contribution is 5.38. The molecule has 0 spiro atoms. The van der Waals surface area contributed by atoms with E-state index in [0.717, 1.165) is 12.1 Å². The van der Waals surface area contributed by atoms with Crippen LogP contribution in [-0.4, -0.2) is 35.3 Å². The summed E-state index contributed by atoms with van der Waals surface area (Å²) < 4.78 is 18.6. The summed E-state index contributed by atoms with van der Waals surface area (Å²) in [6, 6.07) is 3.30. The molecule has 1 aliphatic rings. The van der Waals surface area contributed by atoms with Crippen LogP contribution in [-0.2, 0) is 0 Å². The lowest BCUT2D eigenvalue weighted by atomic mass is 10.2. The van der Waals surface area contributed by atoms with Gasteiger partial charge in [-0.1, -0.05) is 0 Å². The van der Waals surface area contributed by atoms with Crippen molar-refractivity contribution < 1.29 is 19.2 Å². The van der Waals surface area contributed by atoms with E-state index in [2.05, 4.69) is 5.32 Å². The summed E-state index contributed by atoms with van der Waals surface area (Å²) in [5.74, 6) is -0.784. The van der Waals surface area contributed by atoms with Gasteiger partial charge >= 0.3 is 5.69 Å². The first-order valence-corrected chi connectivity index (χ1v) is 5.07. The van der Waals surface area contributed by atoms with Crippen LogP contribution < -0.4 is 10.1 Å². The van der Waals surface area contributed by atoms with E-state index in [1.165, 1.54) is 6.07 Å². The van der Waals surface area contributed by atoms with Crippen LogP contribution in [0.5, 0.6) is 5.75 Å². The molecule has 0 aliphatic carbocycles. The number of ether oxygens (including phenoxy) is 1. The number of nitro groups is 1. The highest BCUT2D eigenvalue weighted by atomic mass is 19.1. The van der Waals surface area contributed by atoms with E-state index in [1.54, 1.807) is 0 Å². The number of rotatable bonds is 3. The topological polar surface area (TPSA) is 84.6 Å². The Hall–Kier alpha value is -1.73. The molecule has 0 unspecified atom stereocenters. The van der Waals surface area contributed by atoms with Crippen molar-refractivity contribution in [3.63, 3.8) is 0 Å². The molecule has 1 aliphatic heterocycles. The largest absolute Gasteiger partial charge is 0.486 e. The highest BCUT2D eigenvalue weighted by Gasteiger charge is 2.27. The fourth-order valence-electron chi connectivity index (χ4n) is 1.64. The molecule has 1 heterocycles. The molecule has 2 N–H and O–H groups in total. The Balaban J connectivity index is 2.12. The van der Waals surface area contributed by atoms with Crippen LogP contribution in [0.25, 0.3) is 0 Å². The van der Waals surface area contributed by atoms with Crippen LogP contribution >= 0.6 is 0 Å². The first-order chi connectivity index (χ1) is 8.08. The van der Waals surface area contributed by atoms with Gasteiger partial charge in [-0.3, -0.25) is 10.1 Å². The van der Waals surface area contributed by atoms with Crippen molar-refractivity contribution in [2.24, 2.45) is 0 Å². The number of benzene rings is 1. The molecule has 0 amide bonds. The minimum absolute atomic E-state index is 0.167. The van der Waals surface area contributed by atoms with Crippen molar-refractivity contribution in [1.82, 2.24) is 5.32 Å². The lowest BCUT2D eigenvalue weighted by Crippen LogP contribution is -2.29. The van der Waals surface area contributed by atoms with E-state index in [9.17, 15) is 19.6 Å². The molecule has 1 saturated heterocycles. The lowest BCUT2D eigenvalue weighted by Gasteiger charge is -2.15. The maximum absolute atomic E-state index is 13.3. The fraction of sp³-hybridized carbons (Fsp3) is 0.400. The summed E-state index contributed by atoms with van der Waals surface area (Å²) in [6.45, 7) is 0.875. The van der Waals surface area contributed by atoms with E-state index >= 15 is 0 Å². The second-order valence-electron chi connectivity index (χ2n) is 3.75. The number of nitrogens with one attached hydrogen (secondary N) is 1. The minimum atomic E-state index is -0.951. The summed E-state index contributed by atoms with van der Waals surface area (Å²) >= 11 is 0. The van der Waals surface area contributed by atoms with Crippen LogP contribution in [0, 0.1) is 15.9 Å². The van der Waals surface area contributed by atoms with Crippen LogP contribution in [0.1, 0.15) is 0 Å². The molecule has 1 fully saturated rings. The molecule has 0 saturated carbocycles. The van der Waals surface area contributed by atoms with Gasteiger partial charge in [-0.25, -0.2) is 0 Å². The average Bonchev–Trinajstić information content (AvgIpc) is 2.64. The predicted octanol–water partition coefficient (Wildman–Crippen LogP) is 0.445. The number of nitrogens with zero attached hydrogens (tertiary/aromatic N) is 1. The molecule has 6 nitrogen and oxygen atoms in total. The fourth-order valence-corrected chi connectivity index (χ4v) is 1.64. The second-order valence-corrected chi connectivity index (χ2v) is 3.75. The summed E-state index contributed by atoms with van der Waals surface area (Å²) in [7, 11) is 0. The number of hydrogen-bond donors (Lipinski definition) is 2. The van der Waals surface area contributed by atoms with Crippen molar-refractivity contribution in [3.05, 3.63) is 34.1 Å². The quantitative estimate of drug-likeness (QED) is 0.593. The van der Waals surface area contributed by atoms with Crippen molar-refractivity contribution in [2.75, 3.05) is 13.1 Å². The number of halogens is 1. The molecule has 0 radical (unpaired) electrons. The van der Waals surface area contributed by atoms with Crippen LogP contribution in [0.4, 0.5) is 10.1 Å². The van der Waals surface area contributed by atoms with Gasteiger partial charge in [-0.15, -0.1) is 0 Å². The maximum atomic E-state index is 13.3. The minimum Gasteiger partial charge on any atom is -0.486 e. The Morgan fingerprint density at radius 1 is 1.53 bits per heavy atom. The Morgan fingerprint density at radius 3 is 2.82 bits per heavy atom. The summed E-state index contributed by atoms with van der Waals surface area (Å²) in [6.07, 6.45) is -1.12. The molecule has 1 aromatic carbocycles. The van der Waals surface area contributed by atoms with Gasteiger partial charge in [0.1, 0.15) is 18.0 Å². The van der Waals surface area contributed by atoms with Crippen LogP contribution in [0.15, 0.2) is 18.2 Å². The third kappa shape index (κ3) is 2.51. The van der Waals surface area contributed by atoms with Gasteiger partial charge < -0.3 is 15.2 Å². The average molecular weight is 242 g/mol. The third-order valence-corrected chi connectivity index (χ3v) is 2.53. The van der Waals surface area contributed by atoms with E-state index in [-0.39, 0.29) is 5.75 Å². The molecule has 0 aromatic heterocycles. The molecular formula is C10H11FN2O4. The molecule has 0 bridgehead atoms. The van der Waals surface area contributed by atoms with Gasteiger partial charge in [-0.2, -0.15) is 4.39 Å². The van der Waals surface area contributed by atoms with Crippen LogP contribution in [0.2, 0.25) is 0 Å². The van der Waals surface area contributed by atoms with E-state index < -0.39 is 28.6 Å². The Labute approximate surface area is 96.2 Å². The van der Waals surface area contributed by atoms with Crippen molar-refractivity contribution >= 4 is 5.69 Å². The van der Waals surface area contributed by atoms with E-state index in [1.807, 2.05) is 0 Å². The summed E-state index contributed by atoms with van der Waals surface area (Å²) in [5.41, 5.74) is -0.595. The molecule has 17 heavy (non-hydrogen) atoms. The smallest absolute Gasteiger partial charge is 0.305 e. The maximum Gasteiger partial charge on any atom is 0.305 e. The number of aliphatic hydroxyl groups excluding tert-OH is 1. The first kappa shape index (κ1) is 11.7. The second kappa shape index (κ2) is 4.64. The van der Waals surface area contributed by atoms with Gasteiger partial charge in [0, 0.05) is 25.2 Å². The van der Waals surface area contributed by atoms with E-state index in [0.29, 0.717) is 13.1 Å². The zero-order valence-electron chi connectivity index (χ0n) is 8.80. The molecule has 2 rings (SSSR count). The SMILES string of the molecule is O=[N+]([O-])c1ccc(O[C@H]2CNC[C@@H]2O)cc1F. The number of β-amino-alcohol motifs (C(OH)–C–C–N with tert-alkyl or cyclic N) is 1. The Bertz CT molecular complexity index is 440. The number of aliphatic hydroxyl groups is 1. The van der Waals surface area contributed by atoms with Gasteiger partial charge in [0.25, 0.3) is 0 Å². The van der Waals surface area contributed by atoms with Crippen molar-refractivity contribution in [2.45, 2.75) is 12.2 Å². The van der Waals surface area contributed by atoms with Crippen LogP contribution in [0.3, 0.4) is 0 Å². The molecular weight excluding hydrogens is 231 g/mol. The third-order valence-electron chi connectivity index (χ3n) is 2.53. The van der Waals surface area contributed by atoms with Crippen molar-refractivity contribution in [3.8, 4) is 5.75 Å². The number of nitro benzene ring substituents is 1. The molecule has 92 valence electrons. The zero-order valence-corrected chi connectivity index (χ0v) is 8.80. The molecule has 7 heteroatoms. The Morgan fingerprint density at radius 2 is 2.29 bits per heavy atom.